The number of rotatable bonds is 9. The van der Waals surface area contributed by atoms with Gasteiger partial charge in [-0.05, 0) is 0 Å². The molecule has 0 spiro atoms. The van der Waals surface area contributed by atoms with Crippen LogP contribution < -0.4 is 5.32 Å². The first-order valence-corrected chi connectivity index (χ1v) is 8.21. The van der Waals surface area contributed by atoms with E-state index < -0.39 is 20.8 Å². The summed E-state index contributed by atoms with van der Waals surface area (Å²) in [7, 11) is 1.70. The van der Waals surface area contributed by atoms with Crippen molar-refractivity contribution in [1.29, 1.82) is 0 Å². The van der Waals surface area contributed by atoms with E-state index in [-0.39, 0.29) is 18.3 Å². The maximum absolute atomic E-state index is 11.7. The molecule has 0 unspecified atom stereocenters. The van der Waals surface area contributed by atoms with Crippen molar-refractivity contribution < 1.29 is 27.6 Å². The van der Waals surface area contributed by atoms with Crippen LogP contribution in [-0.2, 0) is 27.6 Å². The second kappa shape index (κ2) is 9.32. The number of hydrogen-bond donors (Lipinski definition) is 2. The normalized spacial score (nSPS) is 12.9. The molecule has 0 fully saturated rings. The lowest BCUT2D eigenvalue weighted by Crippen LogP contribution is -2.45. The lowest BCUT2D eigenvalue weighted by atomic mass is 10.3. The molecule has 1 atom stereocenters. The molecule has 7 nitrogen and oxygen atoms in total. The van der Waals surface area contributed by atoms with Crippen LogP contribution in [0.15, 0.2) is 0 Å². The van der Waals surface area contributed by atoms with Crippen molar-refractivity contribution in [2.24, 2.45) is 0 Å². The summed E-state index contributed by atoms with van der Waals surface area (Å²) < 4.78 is 20.6. The van der Waals surface area contributed by atoms with Crippen LogP contribution in [-0.4, -0.2) is 60.4 Å². The Labute approximate surface area is 119 Å². The van der Waals surface area contributed by atoms with Gasteiger partial charge in [-0.25, -0.2) is 4.79 Å². The van der Waals surface area contributed by atoms with Crippen molar-refractivity contribution in [1.82, 2.24) is 5.32 Å². The predicted molar refractivity (Wildman–Crippen MR) is 74.0 cm³/mol. The molecule has 0 aromatic carbocycles. The van der Waals surface area contributed by atoms with E-state index in [0.717, 1.165) is 0 Å². The zero-order valence-corrected chi connectivity index (χ0v) is 13.5. The lowest BCUT2D eigenvalue weighted by molar-refractivity contribution is -0.146. The molecule has 1 N–H and O–H groups in total. The van der Waals surface area contributed by atoms with Gasteiger partial charge in [0.2, 0.25) is 5.91 Å². The van der Waals surface area contributed by atoms with Crippen LogP contribution in [0.4, 0.5) is 0 Å². The molecule has 0 aliphatic rings. The second-order valence-electron chi connectivity index (χ2n) is 3.65. The standard InChI is InChI=1S/C10H21NO6SSi/c1-8(12)11-9(7-18)10(13)17-5-6-19(14-2,15-3)16-4/h9,18H,5-7H2,1-4H3,(H,11,12)/t9-/m0/s1. The highest BCUT2D eigenvalue weighted by atomic mass is 32.1. The minimum atomic E-state index is -2.74. The molecular formula is C10H21NO6SSi. The number of carbonyl (C=O) groups excluding carboxylic acids is 2. The molecule has 0 bridgehead atoms. The molecule has 0 aliphatic heterocycles. The maximum Gasteiger partial charge on any atom is 0.503 e. The number of carbonyl (C=O) groups is 2. The topological polar surface area (TPSA) is 83.1 Å². The minimum absolute atomic E-state index is 0.0877. The van der Waals surface area contributed by atoms with Gasteiger partial charge >= 0.3 is 14.8 Å². The minimum Gasteiger partial charge on any atom is -0.464 e. The number of nitrogens with one attached hydrogen (secondary N) is 1. The fraction of sp³-hybridized carbons (Fsp3) is 0.800. The van der Waals surface area contributed by atoms with Crippen molar-refractivity contribution in [3.63, 3.8) is 0 Å². The van der Waals surface area contributed by atoms with Crippen molar-refractivity contribution in [3.05, 3.63) is 0 Å². The van der Waals surface area contributed by atoms with Gasteiger partial charge in [-0.15, -0.1) is 0 Å². The van der Waals surface area contributed by atoms with Crippen LogP contribution in [0.25, 0.3) is 0 Å². The van der Waals surface area contributed by atoms with E-state index in [9.17, 15) is 9.59 Å². The second-order valence-corrected chi connectivity index (χ2v) is 7.10. The molecule has 19 heavy (non-hydrogen) atoms. The Bertz CT molecular complexity index is 291. The first kappa shape index (κ1) is 18.4. The van der Waals surface area contributed by atoms with Gasteiger partial charge in [0.05, 0.1) is 12.7 Å². The number of thiol groups is 1. The summed E-state index contributed by atoms with van der Waals surface area (Å²) in [5.41, 5.74) is 0. The van der Waals surface area contributed by atoms with Crippen LogP contribution in [0.3, 0.4) is 0 Å². The highest BCUT2D eigenvalue weighted by molar-refractivity contribution is 7.80. The van der Waals surface area contributed by atoms with Gasteiger partial charge in [-0.3, -0.25) is 4.79 Å². The summed E-state index contributed by atoms with van der Waals surface area (Å²) in [6.45, 7) is 1.41. The quantitative estimate of drug-likeness (QED) is 0.350. The first-order valence-electron chi connectivity index (χ1n) is 5.64. The molecule has 0 radical (unpaired) electrons. The Balaban J connectivity index is 4.24. The van der Waals surface area contributed by atoms with Gasteiger partial charge in [0.1, 0.15) is 6.04 Å². The molecule has 0 aromatic rings. The van der Waals surface area contributed by atoms with E-state index in [1.54, 1.807) is 0 Å². The van der Waals surface area contributed by atoms with Crippen LogP contribution >= 0.6 is 12.6 Å². The van der Waals surface area contributed by atoms with E-state index in [1.165, 1.54) is 28.3 Å². The average Bonchev–Trinajstić information content (AvgIpc) is 2.41. The average molecular weight is 311 g/mol. The molecule has 0 heterocycles. The van der Waals surface area contributed by atoms with Gasteiger partial charge in [-0.2, -0.15) is 12.6 Å². The largest absolute Gasteiger partial charge is 0.503 e. The summed E-state index contributed by atoms with van der Waals surface area (Å²) in [5, 5.41) is 2.45. The lowest BCUT2D eigenvalue weighted by Gasteiger charge is -2.24. The maximum atomic E-state index is 11.7. The summed E-state index contributed by atoms with van der Waals surface area (Å²) in [6, 6.07) is -0.425. The molecule has 0 aromatic heterocycles. The van der Waals surface area contributed by atoms with Crippen LogP contribution in [0.2, 0.25) is 6.04 Å². The van der Waals surface area contributed by atoms with Gasteiger partial charge in [0, 0.05) is 34.0 Å². The molecule has 112 valence electrons. The Morgan fingerprint density at radius 1 is 1.21 bits per heavy atom. The SMILES string of the molecule is CO[Si](CCOC(=O)[C@H](CS)NC(C)=O)(OC)OC. The summed E-state index contributed by atoms with van der Waals surface area (Å²) in [6.07, 6.45) is 0. The number of amides is 1. The van der Waals surface area contributed by atoms with Gasteiger partial charge < -0.3 is 23.3 Å². The Morgan fingerprint density at radius 3 is 2.11 bits per heavy atom. The summed E-state index contributed by atoms with van der Waals surface area (Å²) in [4.78, 5) is 22.6. The Kier molecular flexibility index (Phi) is 9.02. The third kappa shape index (κ3) is 6.39. The van der Waals surface area contributed by atoms with Crippen molar-refractivity contribution in [3.8, 4) is 0 Å². The van der Waals surface area contributed by atoms with Crippen molar-refractivity contribution in [2.75, 3.05) is 33.7 Å². The highest BCUT2D eigenvalue weighted by Gasteiger charge is 2.38. The molecule has 1 amide bonds. The molecule has 0 rings (SSSR count). The number of ether oxygens (including phenoxy) is 1. The third-order valence-corrected chi connectivity index (χ3v) is 5.48. The van der Waals surface area contributed by atoms with E-state index in [1.807, 2.05) is 0 Å². The summed E-state index contributed by atoms with van der Waals surface area (Å²) in [5.74, 6) is -0.693. The van der Waals surface area contributed by atoms with E-state index >= 15 is 0 Å². The molecular weight excluding hydrogens is 290 g/mol. The third-order valence-electron chi connectivity index (χ3n) is 2.43. The smallest absolute Gasteiger partial charge is 0.464 e. The predicted octanol–water partition coefficient (Wildman–Crippen LogP) is -0.158. The Morgan fingerprint density at radius 2 is 1.74 bits per heavy atom. The number of esters is 1. The molecule has 0 saturated carbocycles. The molecule has 0 aliphatic carbocycles. The highest BCUT2D eigenvalue weighted by Crippen LogP contribution is 2.12. The molecule has 9 heteroatoms. The van der Waals surface area contributed by atoms with Gasteiger partial charge in [0.25, 0.3) is 0 Å². The van der Waals surface area contributed by atoms with Crippen LogP contribution in [0.5, 0.6) is 0 Å². The van der Waals surface area contributed by atoms with Gasteiger partial charge in [-0.1, -0.05) is 0 Å². The molecule has 0 saturated heterocycles. The zero-order valence-electron chi connectivity index (χ0n) is 11.6. The fourth-order valence-corrected chi connectivity index (χ4v) is 3.06. The monoisotopic (exact) mass is 311 g/mol. The van der Waals surface area contributed by atoms with E-state index in [2.05, 4.69) is 17.9 Å². The van der Waals surface area contributed by atoms with Crippen LogP contribution in [0.1, 0.15) is 6.92 Å². The van der Waals surface area contributed by atoms with Crippen molar-refractivity contribution in [2.45, 2.75) is 19.0 Å². The zero-order chi connectivity index (χ0) is 14.9. The Hall–Kier alpha value is -0.613. The van der Waals surface area contributed by atoms with E-state index in [0.29, 0.717) is 6.04 Å². The fourth-order valence-electron chi connectivity index (χ4n) is 1.36. The van der Waals surface area contributed by atoms with E-state index in [4.69, 9.17) is 18.0 Å². The van der Waals surface area contributed by atoms with Gasteiger partial charge in [0.15, 0.2) is 0 Å². The first-order chi connectivity index (χ1) is 8.94. The van der Waals surface area contributed by atoms with Crippen LogP contribution in [0, 0.1) is 0 Å². The number of hydrogen-bond acceptors (Lipinski definition) is 7. The summed E-state index contributed by atoms with van der Waals surface area (Å²) >= 11 is 3.98. The van der Waals surface area contributed by atoms with Crippen molar-refractivity contribution >= 4 is 33.3 Å².